The number of thiazole rings is 1. The van der Waals surface area contributed by atoms with Crippen molar-refractivity contribution in [2.24, 2.45) is 15.7 Å². The van der Waals surface area contributed by atoms with E-state index >= 15 is 0 Å². The van der Waals surface area contributed by atoms with E-state index in [-0.39, 0.29) is 0 Å². The number of aryl methyl sites for hydroxylation is 1. The molecule has 0 saturated heterocycles. The summed E-state index contributed by atoms with van der Waals surface area (Å²) in [5, 5.41) is 1.19. The molecule has 1 aliphatic rings. The van der Waals surface area contributed by atoms with Gasteiger partial charge in [0.25, 0.3) is 0 Å². The van der Waals surface area contributed by atoms with E-state index in [0.717, 1.165) is 23.5 Å². The molecule has 7 heteroatoms. The Bertz CT molecular complexity index is 998. The van der Waals surface area contributed by atoms with Crippen molar-refractivity contribution in [1.82, 2.24) is 15.0 Å². The first-order valence-corrected chi connectivity index (χ1v) is 9.38. The van der Waals surface area contributed by atoms with E-state index in [4.69, 9.17) is 10.7 Å². The van der Waals surface area contributed by atoms with E-state index in [1.54, 1.807) is 18.3 Å². The van der Waals surface area contributed by atoms with Crippen LogP contribution in [-0.2, 0) is 0 Å². The van der Waals surface area contributed by atoms with Crippen molar-refractivity contribution in [3.8, 4) is 0 Å². The molecule has 1 fully saturated rings. The van der Waals surface area contributed by atoms with Gasteiger partial charge in [-0.05, 0) is 39.3 Å². The van der Waals surface area contributed by atoms with Crippen LogP contribution >= 0.6 is 11.3 Å². The topological polar surface area (TPSA) is 89.4 Å². The van der Waals surface area contributed by atoms with Crippen LogP contribution in [0.5, 0.6) is 0 Å². The van der Waals surface area contributed by atoms with Crippen molar-refractivity contribution in [3.05, 3.63) is 46.9 Å². The van der Waals surface area contributed by atoms with E-state index in [1.165, 1.54) is 9.71 Å². The molecule has 1 aromatic carbocycles. The number of amidine groups is 2. The van der Waals surface area contributed by atoms with Gasteiger partial charge in [-0.1, -0.05) is 12.1 Å². The van der Waals surface area contributed by atoms with Crippen LogP contribution in [-0.4, -0.2) is 26.6 Å². The first-order valence-electron chi connectivity index (χ1n) is 8.56. The van der Waals surface area contributed by atoms with Gasteiger partial charge in [0.1, 0.15) is 11.7 Å². The van der Waals surface area contributed by atoms with Crippen molar-refractivity contribution >= 4 is 39.0 Å². The molecular weight excluding hydrogens is 344 g/mol. The molecule has 2 atom stereocenters. The predicted molar refractivity (Wildman–Crippen MR) is 107 cm³/mol. The van der Waals surface area contributed by atoms with Crippen molar-refractivity contribution in [2.45, 2.75) is 39.0 Å². The zero-order valence-electron chi connectivity index (χ0n) is 15.0. The lowest BCUT2D eigenvalue weighted by Crippen LogP contribution is -2.07. The molecule has 4 rings (SSSR count). The molecule has 3 aromatic rings. The van der Waals surface area contributed by atoms with E-state index in [0.29, 0.717) is 29.3 Å². The van der Waals surface area contributed by atoms with Gasteiger partial charge in [0.05, 0.1) is 26.8 Å². The summed E-state index contributed by atoms with van der Waals surface area (Å²) in [6, 6.07) is 10.2. The highest BCUT2D eigenvalue weighted by Crippen LogP contribution is 2.55. The number of para-hydroxylation sites is 1. The third-order valence-electron chi connectivity index (χ3n) is 4.26. The van der Waals surface area contributed by atoms with E-state index < -0.39 is 0 Å². The molecule has 0 spiro atoms. The summed E-state index contributed by atoms with van der Waals surface area (Å²) in [6.45, 7) is 5.45. The second kappa shape index (κ2) is 6.57. The Balaban J connectivity index is 1.60. The standard InChI is InChI=1S/C19H20N6S/c1-10(20)21-11(2)23-18-9-16(22-12(3)24-18)13-8-14(13)19-25-15-6-4-5-7-17(15)26-19/h4-7,9,13-14H,8H2,1-3H3,(H2,20,21,22,23,24)/t13-,14-/m0/s1. The minimum absolute atomic E-state index is 0.381. The molecule has 6 nitrogen and oxygen atoms in total. The maximum Gasteiger partial charge on any atom is 0.157 e. The molecule has 2 N–H and O–H groups in total. The second-order valence-electron chi connectivity index (χ2n) is 6.58. The van der Waals surface area contributed by atoms with Gasteiger partial charge in [0.15, 0.2) is 5.82 Å². The summed E-state index contributed by atoms with van der Waals surface area (Å²) in [7, 11) is 0. The number of rotatable bonds is 3. The van der Waals surface area contributed by atoms with Crippen LogP contribution in [0.3, 0.4) is 0 Å². The molecule has 0 unspecified atom stereocenters. The Morgan fingerprint density at radius 3 is 2.73 bits per heavy atom. The van der Waals surface area contributed by atoms with E-state index in [1.807, 2.05) is 26.0 Å². The summed E-state index contributed by atoms with van der Waals surface area (Å²) < 4.78 is 1.24. The number of benzene rings is 1. The van der Waals surface area contributed by atoms with E-state index in [9.17, 15) is 0 Å². The van der Waals surface area contributed by atoms with Gasteiger partial charge >= 0.3 is 0 Å². The average Bonchev–Trinajstić information content (AvgIpc) is 3.25. The first kappa shape index (κ1) is 16.8. The normalized spacial score (nSPS) is 20.6. The lowest BCUT2D eigenvalue weighted by Gasteiger charge is -2.03. The van der Waals surface area contributed by atoms with Crippen LogP contribution in [0.2, 0.25) is 0 Å². The number of aromatic nitrogens is 3. The maximum absolute atomic E-state index is 5.61. The van der Waals surface area contributed by atoms with Crippen LogP contribution in [0.15, 0.2) is 40.3 Å². The van der Waals surface area contributed by atoms with Crippen LogP contribution in [0.1, 0.15) is 48.6 Å². The molecule has 132 valence electrons. The summed E-state index contributed by atoms with van der Waals surface area (Å²) >= 11 is 1.78. The van der Waals surface area contributed by atoms with Gasteiger partial charge in [-0.25, -0.2) is 24.9 Å². The summed E-state index contributed by atoms with van der Waals surface area (Å²) in [5.74, 6) is 3.24. The van der Waals surface area contributed by atoms with Gasteiger partial charge in [0.2, 0.25) is 0 Å². The smallest absolute Gasteiger partial charge is 0.157 e. The quantitative estimate of drug-likeness (QED) is 0.560. The van der Waals surface area contributed by atoms with E-state index in [2.05, 4.69) is 38.2 Å². The number of nitrogens with two attached hydrogens (primary N) is 1. The van der Waals surface area contributed by atoms with Gasteiger partial charge in [-0.15, -0.1) is 11.3 Å². The lowest BCUT2D eigenvalue weighted by molar-refractivity contribution is 0.910. The first-order chi connectivity index (χ1) is 12.5. The molecule has 2 aromatic heterocycles. The van der Waals surface area contributed by atoms with Crippen LogP contribution in [0, 0.1) is 6.92 Å². The third-order valence-corrected chi connectivity index (χ3v) is 5.43. The number of aliphatic imine (C=N–C) groups is 2. The van der Waals surface area contributed by atoms with Crippen LogP contribution in [0.25, 0.3) is 10.2 Å². The Morgan fingerprint density at radius 2 is 1.96 bits per heavy atom. The SMILES string of the molecule is CC(N)=NC(C)=Nc1cc([C@H]2C[C@@H]2c2nc3ccccc3s2)nc(C)n1. The molecule has 26 heavy (non-hydrogen) atoms. The minimum Gasteiger partial charge on any atom is -0.387 e. The molecule has 0 amide bonds. The van der Waals surface area contributed by atoms with Crippen LogP contribution in [0.4, 0.5) is 5.82 Å². The second-order valence-corrected chi connectivity index (χ2v) is 7.64. The third kappa shape index (κ3) is 3.48. The Labute approximate surface area is 156 Å². The summed E-state index contributed by atoms with van der Waals surface area (Å²) in [6.07, 6.45) is 1.07. The fourth-order valence-corrected chi connectivity index (χ4v) is 4.26. The predicted octanol–water partition coefficient (Wildman–Crippen LogP) is 4.09. The number of hydrogen-bond acceptors (Lipinski definition) is 5. The molecule has 0 radical (unpaired) electrons. The van der Waals surface area contributed by atoms with Gasteiger partial charge in [-0.3, -0.25) is 0 Å². The van der Waals surface area contributed by atoms with Gasteiger partial charge < -0.3 is 5.73 Å². The highest BCUT2D eigenvalue weighted by atomic mass is 32.1. The Hall–Kier alpha value is -2.67. The number of fused-ring (bicyclic) bond motifs is 1. The van der Waals surface area contributed by atoms with Gasteiger partial charge in [-0.2, -0.15) is 0 Å². The Kier molecular flexibility index (Phi) is 4.24. The number of hydrogen-bond donors (Lipinski definition) is 1. The summed E-state index contributed by atoms with van der Waals surface area (Å²) in [4.78, 5) is 22.4. The zero-order valence-corrected chi connectivity index (χ0v) is 15.8. The zero-order chi connectivity index (χ0) is 18.3. The van der Waals surface area contributed by atoms with Crippen molar-refractivity contribution in [3.63, 3.8) is 0 Å². The molecule has 0 bridgehead atoms. The van der Waals surface area contributed by atoms with Crippen molar-refractivity contribution in [1.29, 1.82) is 0 Å². The largest absolute Gasteiger partial charge is 0.387 e. The fourth-order valence-electron chi connectivity index (χ4n) is 3.11. The lowest BCUT2D eigenvalue weighted by atomic mass is 10.2. The molecule has 2 heterocycles. The summed E-state index contributed by atoms with van der Waals surface area (Å²) in [5.41, 5.74) is 7.72. The van der Waals surface area contributed by atoms with Crippen molar-refractivity contribution in [2.75, 3.05) is 0 Å². The molecule has 0 aliphatic heterocycles. The van der Waals surface area contributed by atoms with Crippen molar-refractivity contribution < 1.29 is 0 Å². The fraction of sp³-hybridized carbons (Fsp3) is 0.316. The highest BCUT2D eigenvalue weighted by Gasteiger charge is 2.43. The monoisotopic (exact) mass is 364 g/mol. The average molecular weight is 364 g/mol. The molecule has 1 saturated carbocycles. The maximum atomic E-state index is 5.61. The highest BCUT2D eigenvalue weighted by molar-refractivity contribution is 7.18. The minimum atomic E-state index is 0.381. The Morgan fingerprint density at radius 1 is 1.15 bits per heavy atom. The number of nitrogens with zero attached hydrogens (tertiary/aromatic N) is 5. The molecule has 1 aliphatic carbocycles. The molecular formula is C19H20N6S. The van der Waals surface area contributed by atoms with Crippen LogP contribution < -0.4 is 5.73 Å². The van der Waals surface area contributed by atoms with Gasteiger partial charge in [0, 0.05) is 17.9 Å².